The fourth-order valence-electron chi connectivity index (χ4n) is 3.86. The molecular formula is C23H25N3O3. The molecule has 1 aliphatic heterocycles. The van der Waals surface area contributed by atoms with E-state index in [4.69, 9.17) is 4.74 Å². The molecule has 3 aromatic rings. The first-order valence-corrected chi connectivity index (χ1v) is 9.93. The van der Waals surface area contributed by atoms with Crippen molar-refractivity contribution in [2.75, 3.05) is 25.6 Å². The van der Waals surface area contributed by atoms with Crippen LogP contribution in [0.2, 0.25) is 0 Å². The number of aromatic nitrogens is 1. The van der Waals surface area contributed by atoms with E-state index in [-0.39, 0.29) is 11.8 Å². The van der Waals surface area contributed by atoms with Gasteiger partial charge in [-0.15, -0.1) is 0 Å². The minimum absolute atomic E-state index is 0.0290. The van der Waals surface area contributed by atoms with Crippen LogP contribution in [0.25, 0.3) is 22.2 Å². The Bertz CT molecular complexity index is 977. The molecule has 1 aliphatic rings. The predicted molar refractivity (Wildman–Crippen MR) is 114 cm³/mol. The Kier molecular flexibility index (Phi) is 5.62. The number of rotatable bonds is 6. The van der Waals surface area contributed by atoms with Crippen molar-refractivity contribution < 1.29 is 14.3 Å². The number of carbonyl (C=O) groups is 2. The number of amides is 2. The average Bonchev–Trinajstić information content (AvgIpc) is 3.39. The number of fused-ring (bicyclic) bond motifs is 1. The summed E-state index contributed by atoms with van der Waals surface area (Å²) in [5.41, 5.74) is 3.91. The van der Waals surface area contributed by atoms with Crippen molar-refractivity contribution in [1.29, 1.82) is 0 Å². The number of aromatic amines is 1. The molecule has 0 aliphatic carbocycles. The van der Waals surface area contributed by atoms with Gasteiger partial charge in [0.2, 0.25) is 11.8 Å². The number of anilines is 1. The number of ether oxygens (including phenoxy) is 1. The second-order valence-electron chi connectivity index (χ2n) is 7.32. The lowest BCUT2D eigenvalue weighted by molar-refractivity contribution is -0.137. The summed E-state index contributed by atoms with van der Waals surface area (Å²) < 4.78 is 4.98. The van der Waals surface area contributed by atoms with Gasteiger partial charge in [0.15, 0.2) is 0 Å². The molecule has 1 unspecified atom stereocenters. The summed E-state index contributed by atoms with van der Waals surface area (Å²) >= 11 is 0. The predicted octanol–water partition coefficient (Wildman–Crippen LogP) is 3.80. The van der Waals surface area contributed by atoms with Crippen LogP contribution < -0.4 is 5.32 Å². The molecule has 1 aromatic heterocycles. The maximum Gasteiger partial charge on any atom is 0.247 e. The number of methoxy groups -OCH3 is 1. The van der Waals surface area contributed by atoms with Gasteiger partial charge in [0.05, 0.1) is 13.0 Å². The van der Waals surface area contributed by atoms with E-state index in [1.54, 1.807) is 12.0 Å². The largest absolute Gasteiger partial charge is 0.384 e. The Morgan fingerprint density at radius 1 is 1.17 bits per heavy atom. The molecule has 6 heteroatoms. The van der Waals surface area contributed by atoms with Crippen molar-refractivity contribution in [3.8, 4) is 11.3 Å². The number of hydrogen-bond acceptors (Lipinski definition) is 3. The summed E-state index contributed by atoms with van der Waals surface area (Å²) in [6, 6.07) is 17.6. The number of carbonyl (C=O) groups excluding carboxylic acids is 2. The molecule has 0 saturated carbocycles. The van der Waals surface area contributed by atoms with Gasteiger partial charge < -0.3 is 19.9 Å². The van der Waals surface area contributed by atoms with Crippen LogP contribution in [0.15, 0.2) is 54.6 Å². The number of nitrogens with one attached hydrogen (secondary N) is 2. The Labute approximate surface area is 169 Å². The molecule has 2 N–H and O–H groups in total. The zero-order valence-corrected chi connectivity index (χ0v) is 16.5. The van der Waals surface area contributed by atoms with E-state index in [9.17, 15) is 9.59 Å². The van der Waals surface area contributed by atoms with E-state index in [1.807, 2.05) is 36.4 Å². The van der Waals surface area contributed by atoms with Crippen LogP contribution in [0.5, 0.6) is 0 Å². The van der Waals surface area contributed by atoms with Crippen molar-refractivity contribution in [3.63, 3.8) is 0 Å². The molecule has 2 heterocycles. The number of likely N-dealkylation sites (tertiary alicyclic amines) is 1. The lowest BCUT2D eigenvalue weighted by atomic mass is 10.1. The lowest BCUT2D eigenvalue weighted by Gasteiger charge is -2.24. The van der Waals surface area contributed by atoms with Crippen LogP contribution in [0, 0.1) is 0 Å². The molecule has 1 atom stereocenters. The third kappa shape index (κ3) is 4.17. The molecule has 1 saturated heterocycles. The fourth-order valence-corrected chi connectivity index (χ4v) is 3.86. The first-order chi connectivity index (χ1) is 14.2. The highest BCUT2D eigenvalue weighted by molar-refractivity contribution is 5.97. The molecule has 150 valence electrons. The number of benzene rings is 2. The van der Waals surface area contributed by atoms with Crippen molar-refractivity contribution in [3.05, 3.63) is 54.6 Å². The SMILES string of the molecule is COCCC(=O)N1CCCC1C(=O)Nc1ccc(-c2cc3ccccc3[nH]2)cc1. The van der Waals surface area contributed by atoms with E-state index in [2.05, 4.69) is 28.5 Å². The third-order valence-corrected chi connectivity index (χ3v) is 5.39. The summed E-state index contributed by atoms with van der Waals surface area (Å²) in [6.45, 7) is 0.999. The van der Waals surface area contributed by atoms with Gasteiger partial charge in [-0.3, -0.25) is 9.59 Å². The highest BCUT2D eigenvalue weighted by Crippen LogP contribution is 2.26. The smallest absolute Gasteiger partial charge is 0.247 e. The summed E-state index contributed by atoms with van der Waals surface area (Å²) in [5.74, 6) is -0.162. The van der Waals surface area contributed by atoms with Crippen molar-refractivity contribution in [2.24, 2.45) is 0 Å². The van der Waals surface area contributed by atoms with E-state index >= 15 is 0 Å². The van der Waals surface area contributed by atoms with Crippen molar-refractivity contribution in [1.82, 2.24) is 9.88 Å². The third-order valence-electron chi connectivity index (χ3n) is 5.39. The summed E-state index contributed by atoms with van der Waals surface area (Å²) in [6.07, 6.45) is 1.84. The van der Waals surface area contributed by atoms with Gasteiger partial charge >= 0.3 is 0 Å². The summed E-state index contributed by atoms with van der Waals surface area (Å²) in [4.78, 5) is 30.1. The number of H-pyrrole nitrogens is 1. The number of nitrogens with zero attached hydrogens (tertiary/aromatic N) is 1. The summed E-state index contributed by atoms with van der Waals surface area (Å²) in [7, 11) is 1.57. The number of hydrogen-bond donors (Lipinski definition) is 2. The number of para-hydroxylation sites is 1. The molecule has 0 bridgehead atoms. The quantitative estimate of drug-likeness (QED) is 0.671. The van der Waals surface area contributed by atoms with Gasteiger partial charge in [-0.1, -0.05) is 30.3 Å². The molecule has 6 nitrogen and oxygen atoms in total. The second kappa shape index (κ2) is 8.49. The Morgan fingerprint density at radius 3 is 2.72 bits per heavy atom. The Balaban J connectivity index is 1.43. The molecule has 29 heavy (non-hydrogen) atoms. The highest BCUT2D eigenvalue weighted by Gasteiger charge is 2.33. The van der Waals surface area contributed by atoms with Crippen LogP contribution >= 0.6 is 0 Å². The normalized spacial score (nSPS) is 16.3. The molecule has 4 rings (SSSR count). The van der Waals surface area contributed by atoms with Gasteiger partial charge in [0.1, 0.15) is 6.04 Å². The standard InChI is InChI=1S/C23H25N3O3/c1-29-14-12-22(27)26-13-4-7-21(26)23(28)24-18-10-8-16(9-11-18)20-15-17-5-2-3-6-19(17)25-20/h2-3,5-6,8-11,15,21,25H,4,7,12-14H2,1H3,(H,24,28). The van der Waals surface area contributed by atoms with Crippen LogP contribution in [0.3, 0.4) is 0 Å². The van der Waals surface area contributed by atoms with Gasteiger partial charge in [-0.25, -0.2) is 0 Å². The average molecular weight is 391 g/mol. The monoisotopic (exact) mass is 391 g/mol. The van der Waals surface area contributed by atoms with Gasteiger partial charge in [-0.05, 0) is 42.7 Å². The van der Waals surface area contributed by atoms with E-state index in [1.165, 1.54) is 5.39 Å². The van der Waals surface area contributed by atoms with Crippen LogP contribution in [0.1, 0.15) is 19.3 Å². The molecule has 0 radical (unpaired) electrons. The van der Waals surface area contributed by atoms with E-state index < -0.39 is 6.04 Å². The lowest BCUT2D eigenvalue weighted by Crippen LogP contribution is -2.43. The van der Waals surface area contributed by atoms with Crippen LogP contribution in [0.4, 0.5) is 5.69 Å². The fraction of sp³-hybridized carbons (Fsp3) is 0.304. The second-order valence-corrected chi connectivity index (χ2v) is 7.32. The molecule has 2 aromatic carbocycles. The first kappa shape index (κ1) is 19.2. The summed E-state index contributed by atoms with van der Waals surface area (Å²) in [5, 5.41) is 4.12. The molecule has 0 spiro atoms. The minimum atomic E-state index is -0.410. The zero-order valence-electron chi connectivity index (χ0n) is 16.5. The van der Waals surface area contributed by atoms with Crippen LogP contribution in [-0.4, -0.2) is 48.0 Å². The molecule has 1 fully saturated rings. The van der Waals surface area contributed by atoms with Crippen molar-refractivity contribution in [2.45, 2.75) is 25.3 Å². The molecular weight excluding hydrogens is 366 g/mol. The topological polar surface area (TPSA) is 74.4 Å². The van der Waals surface area contributed by atoms with E-state index in [0.29, 0.717) is 26.0 Å². The maximum atomic E-state index is 12.7. The van der Waals surface area contributed by atoms with Crippen molar-refractivity contribution >= 4 is 28.4 Å². The maximum absolute atomic E-state index is 12.7. The highest BCUT2D eigenvalue weighted by atomic mass is 16.5. The van der Waals surface area contributed by atoms with E-state index in [0.717, 1.165) is 28.9 Å². The van der Waals surface area contributed by atoms with Gasteiger partial charge in [0, 0.05) is 35.9 Å². The van der Waals surface area contributed by atoms with Crippen LogP contribution in [-0.2, 0) is 14.3 Å². The molecule has 2 amide bonds. The van der Waals surface area contributed by atoms with Gasteiger partial charge in [0.25, 0.3) is 0 Å². The first-order valence-electron chi connectivity index (χ1n) is 9.93. The Morgan fingerprint density at radius 2 is 1.97 bits per heavy atom. The minimum Gasteiger partial charge on any atom is -0.384 e. The Hall–Kier alpha value is -3.12. The zero-order chi connectivity index (χ0) is 20.2. The van der Waals surface area contributed by atoms with Gasteiger partial charge in [-0.2, -0.15) is 0 Å².